The number of rotatable bonds is 4. The van der Waals surface area contributed by atoms with E-state index < -0.39 is 0 Å². The minimum atomic E-state index is 0.113. The van der Waals surface area contributed by atoms with Crippen LogP contribution in [-0.4, -0.2) is 32.9 Å². The Morgan fingerprint density at radius 3 is 2.80 bits per heavy atom. The van der Waals surface area contributed by atoms with Crippen LogP contribution in [0.1, 0.15) is 25.7 Å². The Morgan fingerprint density at radius 1 is 1.20 bits per heavy atom. The van der Waals surface area contributed by atoms with Gasteiger partial charge >= 0.3 is 6.01 Å². The lowest BCUT2D eigenvalue weighted by molar-refractivity contribution is 0.0845. The molecule has 2 unspecified atom stereocenters. The van der Waals surface area contributed by atoms with Crippen LogP contribution in [0.15, 0.2) is 30.3 Å². The molecule has 1 aliphatic rings. The van der Waals surface area contributed by atoms with E-state index >= 15 is 0 Å². The van der Waals surface area contributed by atoms with E-state index in [9.17, 15) is 0 Å². The lowest BCUT2D eigenvalue weighted by atomic mass is 9.86. The highest BCUT2D eigenvalue weighted by atomic mass is 16.5. The number of tetrazole rings is 1. The summed E-state index contributed by atoms with van der Waals surface area (Å²) in [5, 5.41) is 11.7. The number of nitrogens with zero attached hydrogens (tertiary/aromatic N) is 4. The Hall–Kier alpha value is -1.95. The van der Waals surface area contributed by atoms with Gasteiger partial charge in [0.25, 0.3) is 0 Å². The maximum Gasteiger partial charge on any atom is 0.340 e. The summed E-state index contributed by atoms with van der Waals surface area (Å²) in [6, 6.07) is 10.2. The van der Waals surface area contributed by atoms with E-state index in [4.69, 9.17) is 10.5 Å². The predicted molar refractivity (Wildman–Crippen MR) is 74.6 cm³/mol. The molecule has 20 heavy (non-hydrogen) atoms. The first-order valence-electron chi connectivity index (χ1n) is 7.09. The Morgan fingerprint density at radius 2 is 2.00 bits per heavy atom. The third-order valence-corrected chi connectivity index (χ3v) is 3.84. The average molecular weight is 273 g/mol. The minimum absolute atomic E-state index is 0.113. The molecule has 0 aliphatic heterocycles. The molecule has 1 aromatic carbocycles. The molecule has 0 bridgehead atoms. The van der Waals surface area contributed by atoms with Crippen LogP contribution in [0.25, 0.3) is 5.69 Å². The fraction of sp³-hybridized carbons (Fsp3) is 0.500. The first-order chi connectivity index (χ1) is 9.88. The topological polar surface area (TPSA) is 78.8 Å². The van der Waals surface area contributed by atoms with Crippen LogP contribution >= 0.6 is 0 Å². The van der Waals surface area contributed by atoms with Gasteiger partial charge in [-0.3, -0.25) is 0 Å². The molecule has 1 aliphatic carbocycles. The molecular weight excluding hydrogens is 254 g/mol. The summed E-state index contributed by atoms with van der Waals surface area (Å²) in [6.45, 7) is 0.650. The third-order valence-electron chi connectivity index (χ3n) is 3.84. The largest absolute Gasteiger partial charge is 0.459 e. The zero-order valence-electron chi connectivity index (χ0n) is 11.4. The summed E-state index contributed by atoms with van der Waals surface area (Å²) in [7, 11) is 0. The highest BCUT2D eigenvalue weighted by molar-refractivity contribution is 5.31. The molecule has 0 amide bonds. The first kappa shape index (κ1) is 13.1. The number of benzene rings is 1. The molecule has 0 spiro atoms. The fourth-order valence-corrected chi connectivity index (χ4v) is 2.72. The Bertz CT molecular complexity index is 542. The third kappa shape index (κ3) is 2.65. The molecule has 106 valence electrons. The van der Waals surface area contributed by atoms with E-state index in [0.29, 0.717) is 18.5 Å². The number of para-hydroxylation sites is 1. The van der Waals surface area contributed by atoms with Gasteiger partial charge in [-0.1, -0.05) is 29.7 Å². The highest BCUT2D eigenvalue weighted by Crippen LogP contribution is 2.27. The van der Waals surface area contributed by atoms with Crippen LogP contribution in [0.3, 0.4) is 0 Å². The summed E-state index contributed by atoms with van der Waals surface area (Å²) in [5.74, 6) is 0.393. The van der Waals surface area contributed by atoms with Gasteiger partial charge in [0, 0.05) is 5.92 Å². The van der Waals surface area contributed by atoms with Crippen molar-refractivity contribution >= 4 is 0 Å². The molecule has 1 aromatic heterocycles. The summed E-state index contributed by atoms with van der Waals surface area (Å²) in [4.78, 5) is 0. The van der Waals surface area contributed by atoms with Crippen LogP contribution in [0.4, 0.5) is 0 Å². The summed E-state index contributed by atoms with van der Waals surface area (Å²) in [6.07, 6.45) is 4.65. The number of nitrogens with two attached hydrogens (primary N) is 1. The Balaban J connectivity index is 1.80. The maximum absolute atomic E-state index is 6.03. The lowest BCUT2D eigenvalue weighted by Crippen LogP contribution is -2.35. The maximum atomic E-state index is 6.03. The van der Waals surface area contributed by atoms with E-state index in [0.717, 1.165) is 18.5 Å². The van der Waals surface area contributed by atoms with Crippen molar-refractivity contribution < 1.29 is 4.74 Å². The zero-order chi connectivity index (χ0) is 13.8. The molecule has 0 radical (unpaired) electrons. The normalized spacial score (nSPS) is 22.6. The van der Waals surface area contributed by atoms with Crippen LogP contribution < -0.4 is 10.5 Å². The number of hydrogen-bond acceptors (Lipinski definition) is 5. The molecule has 6 nitrogen and oxygen atoms in total. The van der Waals surface area contributed by atoms with Crippen molar-refractivity contribution in [1.82, 2.24) is 20.2 Å². The second kappa shape index (κ2) is 6.00. The van der Waals surface area contributed by atoms with E-state index in [2.05, 4.69) is 15.5 Å². The highest BCUT2D eigenvalue weighted by Gasteiger charge is 2.27. The fourth-order valence-electron chi connectivity index (χ4n) is 2.72. The van der Waals surface area contributed by atoms with Crippen LogP contribution in [0.2, 0.25) is 0 Å². The van der Waals surface area contributed by atoms with Gasteiger partial charge in [-0.05, 0) is 48.4 Å². The monoisotopic (exact) mass is 273 g/mol. The molecule has 3 rings (SSSR count). The van der Waals surface area contributed by atoms with E-state index in [-0.39, 0.29) is 6.10 Å². The molecule has 2 aromatic rings. The number of aromatic nitrogens is 4. The molecule has 0 saturated heterocycles. The number of hydrogen-bond donors (Lipinski definition) is 1. The van der Waals surface area contributed by atoms with E-state index in [1.807, 2.05) is 30.3 Å². The Kier molecular flexibility index (Phi) is 3.92. The van der Waals surface area contributed by atoms with Crippen molar-refractivity contribution in [1.29, 1.82) is 0 Å². The Labute approximate surface area is 117 Å². The molecule has 1 fully saturated rings. The predicted octanol–water partition coefficient (Wildman–Crippen LogP) is 1.56. The smallest absolute Gasteiger partial charge is 0.340 e. The van der Waals surface area contributed by atoms with E-state index in [1.54, 1.807) is 4.68 Å². The van der Waals surface area contributed by atoms with E-state index in [1.165, 1.54) is 12.8 Å². The second-order valence-corrected chi connectivity index (χ2v) is 5.15. The minimum Gasteiger partial charge on any atom is -0.459 e. The second-order valence-electron chi connectivity index (χ2n) is 5.15. The first-order valence-corrected chi connectivity index (χ1v) is 7.09. The van der Waals surface area contributed by atoms with Gasteiger partial charge in [0.15, 0.2) is 0 Å². The summed E-state index contributed by atoms with van der Waals surface area (Å²) in [5.41, 5.74) is 6.73. The van der Waals surface area contributed by atoms with Crippen molar-refractivity contribution in [3.8, 4) is 11.7 Å². The zero-order valence-corrected chi connectivity index (χ0v) is 11.4. The van der Waals surface area contributed by atoms with Crippen molar-refractivity contribution in [2.75, 3.05) is 6.54 Å². The van der Waals surface area contributed by atoms with Gasteiger partial charge in [0.05, 0.1) is 5.69 Å². The molecule has 2 atom stereocenters. The van der Waals surface area contributed by atoms with Gasteiger partial charge in [-0.15, -0.1) is 0 Å². The van der Waals surface area contributed by atoms with Gasteiger partial charge in [-0.25, -0.2) is 0 Å². The van der Waals surface area contributed by atoms with Crippen molar-refractivity contribution in [3.05, 3.63) is 30.3 Å². The van der Waals surface area contributed by atoms with Crippen LogP contribution in [0.5, 0.6) is 6.01 Å². The molecular formula is C14H19N5O. The van der Waals surface area contributed by atoms with Gasteiger partial charge in [-0.2, -0.15) is 4.68 Å². The lowest BCUT2D eigenvalue weighted by Gasteiger charge is -2.30. The van der Waals surface area contributed by atoms with Gasteiger partial charge < -0.3 is 10.5 Å². The van der Waals surface area contributed by atoms with Crippen LogP contribution in [0, 0.1) is 5.92 Å². The molecule has 1 heterocycles. The van der Waals surface area contributed by atoms with Gasteiger partial charge in [0.2, 0.25) is 0 Å². The number of ether oxygens (including phenoxy) is 1. The SMILES string of the molecule is NCC1CCCCC1Oc1nnnn1-c1ccccc1. The standard InChI is InChI=1S/C14H19N5O/c15-10-11-6-4-5-9-13(11)20-14-16-17-18-19(14)12-7-2-1-3-8-12/h1-3,7-8,11,13H,4-6,9-10,15H2. The molecule has 2 N–H and O–H groups in total. The quantitative estimate of drug-likeness (QED) is 0.914. The average Bonchev–Trinajstić information content (AvgIpc) is 2.97. The van der Waals surface area contributed by atoms with Crippen molar-refractivity contribution in [2.24, 2.45) is 11.7 Å². The van der Waals surface area contributed by atoms with Crippen LogP contribution in [-0.2, 0) is 0 Å². The van der Waals surface area contributed by atoms with Crippen molar-refractivity contribution in [3.63, 3.8) is 0 Å². The van der Waals surface area contributed by atoms with Gasteiger partial charge in [0.1, 0.15) is 6.10 Å². The van der Waals surface area contributed by atoms with Crippen molar-refractivity contribution in [2.45, 2.75) is 31.8 Å². The summed E-state index contributed by atoms with van der Waals surface area (Å²) < 4.78 is 7.66. The molecule has 6 heteroatoms. The summed E-state index contributed by atoms with van der Waals surface area (Å²) >= 11 is 0. The molecule has 1 saturated carbocycles.